The zero-order valence-corrected chi connectivity index (χ0v) is 12.9. The summed E-state index contributed by atoms with van der Waals surface area (Å²) in [5.74, 6) is -0.664. The van der Waals surface area contributed by atoms with Gasteiger partial charge in [-0.25, -0.2) is 0 Å². The predicted octanol–water partition coefficient (Wildman–Crippen LogP) is 3.28. The topological polar surface area (TPSA) is 55.4 Å². The van der Waals surface area contributed by atoms with E-state index in [0.717, 1.165) is 5.56 Å². The summed E-state index contributed by atoms with van der Waals surface area (Å²) in [6.45, 7) is 5.04. The normalized spacial score (nSPS) is 12.7. The highest BCUT2D eigenvalue weighted by atomic mass is 16.5. The fourth-order valence-electron chi connectivity index (χ4n) is 2.27. The van der Waals surface area contributed by atoms with E-state index in [-0.39, 0.29) is 5.91 Å². The maximum Gasteiger partial charge on any atom is 0.303 e. The third-order valence-electron chi connectivity index (χ3n) is 3.34. The van der Waals surface area contributed by atoms with Gasteiger partial charge in [-0.05, 0) is 23.8 Å². The van der Waals surface area contributed by atoms with Gasteiger partial charge in [0.05, 0.1) is 6.04 Å². The molecule has 0 radical (unpaired) electrons. The first-order valence-corrected chi connectivity index (χ1v) is 7.32. The van der Waals surface area contributed by atoms with Gasteiger partial charge in [0, 0.05) is 12.5 Å². The van der Waals surface area contributed by atoms with Crippen molar-refractivity contribution in [1.29, 1.82) is 0 Å². The van der Waals surface area contributed by atoms with Crippen molar-refractivity contribution in [3.8, 4) is 0 Å². The Balaban J connectivity index is 2.28. The fraction of sp³-hybridized carbons (Fsp3) is 0.158. The second-order valence-electron chi connectivity index (χ2n) is 5.04. The molecule has 0 fully saturated rings. The van der Waals surface area contributed by atoms with Crippen LogP contribution in [0.25, 0.3) is 0 Å². The molecule has 2 aromatic carbocycles. The van der Waals surface area contributed by atoms with Gasteiger partial charge in [-0.15, -0.1) is 0 Å². The van der Waals surface area contributed by atoms with Crippen LogP contribution in [0.2, 0.25) is 0 Å². The molecule has 2 rings (SSSR count). The molecule has 0 saturated heterocycles. The lowest BCUT2D eigenvalue weighted by atomic mass is 10.0. The van der Waals surface area contributed by atoms with E-state index in [2.05, 4.69) is 11.9 Å². The summed E-state index contributed by atoms with van der Waals surface area (Å²) in [5, 5.41) is 2.92. The zero-order valence-electron chi connectivity index (χ0n) is 12.9. The number of ether oxygens (including phenoxy) is 1. The largest absolute Gasteiger partial charge is 0.456 e. The Morgan fingerprint density at radius 3 is 2.13 bits per heavy atom. The van der Waals surface area contributed by atoms with Crippen molar-refractivity contribution >= 4 is 11.9 Å². The molecule has 4 nitrogen and oxygen atoms in total. The predicted molar refractivity (Wildman–Crippen MR) is 88.8 cm³/mol. The number of amides is 1. The molecular formula is C19H19NO3. The lowest BCUT2D eigenvalue weighted by Crippen LogP contribution is -2.37. The minimum absolute atomic E-state index is 0.238. The molecule has 23 heavy (non-hydrogen) atoms. The summed E-state index contributed by atoms with van der Waals surface area (Å²) >= 11 is 0. The lowest BCUT2D eigenvalue weighted by Gasteiger charge is -2.25. The van der Waals surface area contributed by atoms with E-state index in [1.807, 2.05) is 36.4 Å². The van der Waals surface area contributed by atoms with Crippen LogP contribution in [0.1, 0.15) is 28.9 Å². The fourth-order valence-corrected chi connectivity index (χ4v) is 2.27. The molecule has 0 spiro atoms. The summed E-state index contributed by atoms with van der Waals surface area (Å²) < 4.78 is 5.28. The van der Waals surface area contributed by atoms with Gasteiger partial charge in [-0.3, -0.25) is 9.59 Å². The van der Waals surface area contributed by atoms with Crippen LogP contribution in [-0.4, -0.2) is 18.0 Å². The maximum atomic E-state index is 12.4. The molecule has 0 aliphatic rings. The van der Waals surface area contributed by atoms with Crippen molar-refractivity contribution in [3.63, 3.8) is 0 Å². The number of nitrogens with one attached hydrogen (secondary N) is 1. The Labute approximate surface area is 135 Å². The Bertz CT molecular complexity index is 668. The number of hydrogen-bond donors (Lipinski definition) is 1. The number of rotatable bonds is 6. The average Bonchev–Trinajstić information content (AvgIpc) is 2.59. The summed E-state index contributed by atoms with van der Waals surface area (Å²) in [4.78, 5) is 23.8. The molecule has 2 atom stereocenters. The smallest absolute Gasteiger partial charge is 0.303 e. The van der Waals surface area contributed by atoms with Crippen LogP contribution in [0, 0.1) is 0 Å². The van der Waals surface area contributed by atoms with Crippen LogP contribution in [-0.2, 0) is 9.53 Å². The van der Waals surface area contributed by atoms with Gasteiger partial charge in [0.2, 0.25) is 0 Å². The van der Waals surface area contributed by atoms with Gasteiger partial charge in [0.15, 0.2) is 0 Å². The van der Waals surface area contributed by atoms with Crippen LogP contribution in [0.3, 0.4) is 0 Å². The van der Waals surface area contributed by atoms with E-state index in [1.54, 1.807) is 24.3 Å². The number of carbonyl (C=O) groups is 2. The van der Waals surface area contributed by atoms with Crippen molar-refractivity contribution in [2.75, 3.05) is 0 Å². The van der Waals surface area contributed by atoms with Crippen LogP contribution in [0.15, 0.2) is 73.3 Å². The second-order valence-corrected chi connectivity index (χ2v) is 5.04. The van der Waals surface area contributed by atoms with Crippen molar-refractivity contribution in [2.45, 2.75) is 19.1 Å². The monoisotopic (exact) mass is 309 g/mol. The number of benzene rings is 2. The van der Waals surface area contributed by atoms with Crippen LogP contribution < -0.4 is 5.32 Å². The molecule has 0 aliphatic heterocycles. The SMILES string of the molecule is C=C[C@H](OC(C)=O)[C@@H](NC(=O)c1ccccc1)c1ccccc1. The van der Waals surface area contributed by atoms with Crippen LogP contribution >= 0.6 is 0 Å². The van der Waals surface area contributed by atoms with E-state index < -0.39 is 18.1 Å². The first-order chi connectivity index (χ1) is 11.1. The Kier molecular flexibility index (Phi) is 5.69. The number of carbonyl (C=O) groups excluding carboxylic acids is 2. The number of esters is 1. The van der Waals surface area contributed by atoms with Crippen molar-refractivity contribution in [1.82, 2.24) is 5.32 Å². The first kappa shape index (κ1) is 16.5. The van der Waals surface area contributed by atoms with Crippen molar-refractivity contribution in [2.24, 2.45) is 0 Å². The van der Waals surface area contributed by atoms with Gasteiger partial charge in [0.25, 0.3) is 5.91 Å². The third kappa shape index (κ3) is 4.54. The molecule has 0 unspecified atom stereocenters. The lowest BCUT2D eigenvalue weighted by molar-refractivity contribution is -0.145. The highest BCUT2D eigenvalue weighted by molar-refractivity contribution is 5.94. The third-order valence-corrected chi connectivity index (χ3v) is 3.34. The summed E-state index contributed by atoms with van der Waals surface area (Å²) in [5.41, 5.74) is 1.38. The molecule has 0 aliphatic carbocycles. The molecule has 0 aromatic heterocycles. The maximum absolute atomic E-state index is 12.4. The standard InChI is InChI=1S/C19H19NO3/c1-3-17(23-14(2)21)18(15-10-6-4-7-11-15)20-19(22)16-12-8-5-9-13-16/h3-13,17-18H,1H2,2H3,(H,20,22)/t17-,18-/m0/s1. The van der Waals surface area contributed by atoms with Gasteiger partial charge in [0.1, 0.15) is 6.10 Å². The molecule has 0 heterocycles. The highest BCUT2D eigenvalue weighted by Crippen LogP contribution is 2.21. The van der Waals surface area contributed by atoms with Gasteiger partial charge >= 0.3 is 5.97 Å². The summed E-state index contributed by atoms with van der Waals surface area (Å²) in [6.07, 6.45) is 0.868. The summed E-state index contributed by atoms with van der Waals surface area (Å²) in [7, 11) is 0. The van der Waals surface area contributed by atoms with Crippen molar-refractivity contribution in [3.05, 3.63) is 84.4 Å². The van der Waals surface area contributed by atoms with E-state index in [4.69, 9.17) is 4.74 Å². The van der Waals surface area contributed by atoms with Crippen LogP contribution in [0.5, 0.6) is 0 Å². The Hall–Kier alpha value is -2.88. The van der Waals surface area contributed by atoms with E-state index >= 15 is 0 Å². The van der Waals surface area contributed by atoms with Gasteiger partial charge < -0.3 is 10.1 Å². The average molecular weight is 309 g/mol. The Morgan fingerprint density at radius 1 is 1.04 bits per heavy atom. The highest BCUT2D eigenvalue weighted by Gasteiger charge is 2.25. The Morgan fingerprint density at radius 2 is 1.61 bits per heavy atom. The minimum Gasteiger partial charge on any atom is -0.456 e. The van der Waals surface area contributed by atoms with E-state index in [1.165, 1.54) is 13.0 Å². The van der Waals surface area contributed by atoms with E-state index in [9.17, 15) is 9.59 Å². The molecular weight excluding hydrogens is 290 g/mol. The van der Waals surface area contributed by atoms with Gasteiger partial charge in [-0.1, -0.05) is 55.1 Å². The van der Waals surface area contributed by atoms with Crippen LogP contribution in [0.4, 0.5) is 0 Å². The minimum atomic E-state index is -0.650. The zero-order chi connectivity index (χ0) is 16.7. The van der Waals surface area contributed by atoms with Crippen molar-refractivity contribution < 1.29 is 14.3 Å². The molecule has 4 heteroatoms. The quantitative estimate of drug-likeness (QED) is 0.658. The molecule has 0 bridgehead atoms. The van der Waals surface area contributed by atoms with E-state index in [0.29, 0.717) is 5.56 Å². The molecule has 2 aromatic rings. The summed E-state index contributed by atoms with van der Waals surface area (Å²) in [6, 6.07) is 17.7. The van der Waals surface area contributed by atoms with Gasteiger partial charge in [-0.2, -0.15) is 0 Å². The molecule has 1 N–H and O–H groups in total. The molecule has 118 valence electrons. The molecule has 0 saturated carbocycles. The second kappa shape index (κ2) is 7.94. The number of hydrogen-bond acceptors (Lipinski definition) is 3. The first-order valence-electron chi connectivity index (χ1n) is 7.32. The molecule has 1 amide bonds.